The van der Waals surface area contributed by atoms with Gasteiger partial charge in [0, 0.05) is 29.9 Å². The number of para-hydroxylation sites is 1. The number of anilines is 2. The van der Waals surface area contributed by atoms with Crippen molar-refractivity contribution >= 4 is 29.0 Å². The van der Waals surface area contributed by atoms with Crippen LogP contribution in [0.4, 0.5) is 11.4 Å². The number of Topliss-reactive ketones (excluding diaryl/α,β-unsaturated/α-hetero) is 1. The van der Waals surface area contributed by atoms with Crippen LogP contribution in [0.1, 0.15) is 42.1 Å². The summed E-state index contributed by atoms with van der Waals surface area (Å²) in [5.41, 5.74) is 3.99. The molecule has 0 fully saturated rings. The Morgan fingerprint density at radius 2 is 1.55 bits per heavy atom. The van der Waals surface area contributed by atoms with Crippen molar-refractivity contribution in [1.82, 2.24) is 0 Å². The van der Waals surface area contributed by atoms with E-state index >= 15 is 0 Å². The Morgan fingerprint density at radius 3 is 2.18 bits per heavy atom. The van der Waals surface area contributed by atoms with E-state index in [0.717, 1.165) is 28.1 Å². The number of carbonyl (C=O) groups excluding carboxylic acids is 2. The lowest BCUT2D eigenvalue weighted by atomic mass is 9.85. The molecule has 3 N–H and O–H groups in total. The normalized spacial score (nSPS) is 14.8. The summed E-state index contributed by atoms with van der Waals surface area (Å²) in [5, 5.41) is 15.5. The zero-order valence-corrected chi connectivity index (χ0v) is 18.6. The van der Waals surface area contributed by atoms with Gasteiger partial charge < -0.3 is 15.7 Å². The lowest BCUT2D eigenvalue weighted by molar-refractivity contribution is -0.146. The third-order valence-corrected chi connectivity index (χ3v) is 6.02. The van der Waals surface area contributed by atoms with Crippen molar-refractivity contribution in [2.75, 3.05) is 17.2 Å². The van der Waals surface area contributed by atoms with Crippen LogP contribution in [0.25, 0.3) is 11.1 Å². The Labute approximate surface area is 192 Å². The van der Waals surface area contributed by atoms with Crippen LogP contribution in [-0.4, -0.2) is 29.3 Å². The summed E-state index contributed by atoms with van der Waals surface area (Å²) >= 11 is 0. The van der Waals surface area contributed by atoms with Gasteiger partial charge in [-0.2, -0.15) is 0 Å². The number of rotatable bonds is 7. The smallest absolute Gasteiger partial charge is 0.309 e. The summed E-state index contributed by atoms with van der Waals surface area (Å²) in [7, 11) is 0. The van der Waals surface area contributed by atoms with Gasteiger partial charge in [0.15, 0.2) is 5.78 Å². The molecule has 0 aliphatic carbocycles. The molecule has 168 valence electrons. The SMILES string of the molecule is CC(C)(CC(=O)c1ccc(-c2ccc(NC(=O)C3CNc4ccccc43)cc2)cc1)C(=O)O. The van der Waals surface area contributed by atoms with E-state index in [0.29, 0.717) is 12.1 Å². The van der Waals surface area contributed by atoms with Crippen molar-refractivity contribution in [1.29, 1.82) is 0 Å². The van der Waals surface area contributed by atoms with Crippen molar-refractivity contribution < 1.29 is 19.5 Å². The summed E-state index contributed by atoms with van der Waals surface area (Å²) in [5.74, 6) is -1.47. The number of aliphatic carboxylic acids is 1. The molecule has 0 radical (unpaired) electrons. The first-order chi connectivity index (χ1) is 15.7. The fraction of sp³-hybridized carbons (Fsp3) is 0.222. The van der Waals surface area contributed by atoms with Crippen LogP contribution in [0, 0.1) is 5.41 Å². The molecule has 1 heterocycles. The number of nitrogens with one attached hydrogen (secondary N) is 2. The number of benzene rings is 3. The van der Waals surface area contributed by atoms with E-state index in [2.05, 4.69) is 10.6 Å². The van der Waals surface area contributed by atoms with Crippen molar-refractivity contribution in [3.8, 4) is 11.1 Å². The van der Waals surface area contributed by atoms with Crippen LogP contribution in [0.3, 0.4) is 0 Å². The highest BCUT2D eigenvalue weighted by molar-refractivity contribution is 5.99. The first kappa shape index (κ1) is 22.3. The number of hydrogen-bond acceptors (Lipinski definition) is 4. The molecule has 0 bridgehead atoms. The molecule has 0 saturated heterocycles. The molecule has 1 atom stereocenters. The number of hydrogen-bond donors (Lipinski definition) is 3. The minimum absolute atomic E-state index is 0.0487. The van der Waals surface area contributed by atoms with Crippen molar-refractivity contribution in [2.45, 2.75) is 26.2 Å². The largest absolute Gasteiger partial charge is 0.481 e. The molecule has 3 aromatic carbocycles. The van der Waals surface area contributed by atoms with Crippen LogP contribution in [0.15, 0.2) is 72.8 Å². The van der Waals surface area contributed by atoms with Gasteiger partial charge in [-0.15, -0.1) is 0 Å². The molecule has 6 nitrogen and oxygen atoms in total. The van der Waals surface area contributed by atoms with E-state index < -0.39 is 11.4 Å². The number of ketones is 1. The summed E-state index contributed by atoms with van der Waals surface area (Å²) in [6.07, 6.45) is -0.0585. The topological polar surface area (TPSA) is 95.5 Å². The minimum atomic E-state index is -1.10. The molecular weight excluding hydrogens is 416 g/mol. The highest BCUT2D eigenvalue weighted by Gasteiger charge is 2.30. The second-order valence-electron chi connectivity index (χ2n) is 8.95. The van der Waals surface area contributed by atoms with E-state index in [1.165, 1.54) is 0 Å². The molecule has 0 spiro atoms. The number of fused-ring (bicyclic) bond motifs is 1. The molecule has 1 amide bonds. The van der Waals surface area contributed by atoms with E-state index in [4.69, 9.17) is 0 Å². The van der Waals surface area contributed by atoms with Crippen LogP contribution < -0.4 is 10.6 Å². The molecule has 0 saturated carbocycles. The van der Waals surface area contributed by atoms with Crippen LogP contribution in [0.5, 0.6) is 0 Å². The zero-order chi connectivity index (χ0) is 23.6. The maximum atomic E-state index is 12.8. The summed E-state index contributed by atoms with van der Waals surface area (Å²) in [4.78, 5) is 36.5. The van der Waals surface area contributed by atoms with Gasteiger partial charge in [0.2, 0.25) is 5.91 Å². The van der Waals surface area contributed by atoms with Gasteiger partial charge in [-0.3, -0.25) is 14.4 Å². The fourth-order valence-electron chi connectivity index (χ4n) is 3.92. The molecule has 1 aliphatic heterocycles. The van der Waals surface area contributed by atoms with Gasteiger partial charge >= 0.3 is 5.97 Å². The Kier molecular flexibility index (Phi) is 6.01. The fourth-order valence-corrected chi connectivity index (χ4v) is 3.92. The molecule has 1 unspecified atom stereocenters. The standard InChI is InChI=1S/C27H26N2O4/c1-27(2,26(32)33)15-24(30)19-9-7-17(8-10-19)18-11-13-20(14-12-18)29-25(31)22-16-28-23-6-4-3-5-21(22)23/h3-14,22,28H,15-16H2,1-2H3,(H,29,31)(H,32,33). The predicted octanol–water partition coefficient (Wildman–Crippen LogP) is 5.19. The van der Waals surface area contributed by atoms with Gasteiger partial charge in [-0.05, 0) is 48.7 Å². The van der Waals surface area contributed by atoms with E-state index in [-0.39, 0.29) is 24.0 Å². The lowest BCUT2D eigenvalue weighted by Crippen LogP contribution is -2.26. The molecule has 6 heteroatoms. The maximum Gasteiger partial charge on any atom is 0.309 e. The molecule has 0 aromatic heterocycles. The van der Waals surface area contributed by atoms with Gasteiger partial charge in [0.05, 0.1) is 11.3 Å². The van der Waals surface area contributed by atoms with Crippen LogP contribution in [-0.2, 0) is 9.59 Å². The number of carboxylic acid groups (broad SMARTS) is 1. The maximum absolute atomic E-state index is 12.8. The molecule has 4 rings (SSSR count). The highest BCUT2D eigenvalue weighted by atomic mass is 16.4. The second-order valence-corrected chi connectivity index (χ2v) is 8.95. The Morgan fingerprint density at radius 1 is 0.939 bits per heavy atom. The van der Waals surface area contributed by atoms with Crippen molar-refractivity contribution in [2.24, 2.45) is 5.41 Å². The molecule has 33 heavy (non-hydrogen) atoms. The average molecular weight is 443 g/mol. The van der Waals surface area contributed by atoms with Crippen LogP contribution >= 0.6 is 0 Å². The van der Waals surface area contributed by atoms with Crippen molar-refractivity contribution in [3.63, 3.8) is 0 Å². The van der Waals surface area contributed by atoms with E-state index in [1.54, 1.807) is 26.0 Å². The van der Waals surface area contributed by atoms with E-state index in [1.807, 2.05) is 60.7 Å². The third-order valence-electron chi connectivity index (χ3n) is 6.02. The van der Waals surface area contributed by atoms with Gasteiger partial charge in [0.1, 0.15) is 0 Å². The number of carboxylic acids is 1. The summed E-state index contributed by atoms with van der Waals surface area (Å²) < 4.78 is 0. The quantitative estimate of drug-likeness (QED) is 0.438. The van der Waals surface area contributed by atoms with Crippen LogP contribution in [0.2, 0.25) is 0 Å². The first-order valence-corrected chi connectivity index (χ1v) is 10.9. The summed E-state index contributed by atoms with van der Waals surface area (Å²) in [6.45, 7) is 3.67. The number of amides is 1. The van der Waals surface area contributed by atoms with Gasteiger partial charge in [0.25, 0.3) is 0 Å². The van der Waals surface area contributed by atoms with Crippen molar-refractivity contribution in [3.05, 3.63) is 83.9 Å². The molecule has 1 aliphatic rings. The Balaban J connectivity index is 1.41. The third kappa shape index (κ3) is 4.80. The Bertz CT molecular complexity index is 1200. The van der Waals surface area contributed by atoms with E-state index in [9.17, 15) is 19.5 Å². The number of carbonyl (C=O) groups is 3. The van der Waals surface area contributed by atoms with Gasteiger partial charge in [-0.25, -0.2) is 0 Å². The van der Waals surface area contributed by atoms with Gasteiger partial charge in [-0.1, -0.05) is 54.6 Å². The predicted molar refractivity (Wildman–Crippen MR) is 129 cm³/mol. The lowest BCUT2D eigenvalue weighted by Gasteiger charge is -2.17. The average Bonchev–Trinajstić information content (AvgIpc) is 3.24. The second kappa shape index (κ2) is 8.90. The zero-order valence-electron chi connectivity index (χ0n) is 18.6. The molecule has 3 aromatic rings. The molecular formula is C27H26N2O4. The summed E-state index contributed by atoms with van der Waals surface area (Å²) in [6, 6.07) is 22.5. The monoisotopic (exact) mass is 442 g/mol. The first-order valence-electron chi connectivity index (χ1n) is 10.9. The highest BCUT2D eigenvalue weighted by Crippen LogP contribution is 2.32. The minimum Gasteiger partial charge on any atom is -0.481 e. The Hall–Kier alpha value is -3.93.